The Morgan fingerprint density at radius 1 is 0.971 bits per heavy atom. The highest BCUT2D eigenvalue weighted by atomic mass is 79.9. The normalized spacial score (nSPS) is 11.4. The van der Waals surface area contributed by atoms with Gasteiger partial charge in [-0.1, -0.05) is 76.7 Å². The van der Waals surface area contributed by atoms with E-state index in [1.54, 1.807) is 12.3 Å². The maximum atomic E-state index is 13.3. The second-order valence-corrected chi connectivity index (χ2v) is 11.1. The van der Waals surface area contributed by atoms with Crippen LogP contribution in [0.15, 0.2) is 82.4 Å². The summed E-state index contributed by atoms with van der Waals surface area (Å²) in [6, 6.07) is 17.1. The Labute approximate surface area is 230 Å². The van der Waals surface area contributed by atoms with E-state index in [1.807, 2.05) is 55.5 Å². The first-order valence-electron chi connectivity index (χ1n) is 10.5. The SMILES string of the molecule is CCCc1nc2ccc(Br)cc2c(=O)n1N=Cc1cc(Br)ccc1OCc1ccc(Br)cc1Br. The molecule has 5 nitrogen and oxygen atoms in total. The molecule has 0 bridgehead atoms. The fraction of sp³-hybridized carbons (Fsp3) is 0.160. The molecule has 1 heterocycles. The van der Waals surface area contributed by atoms with E-state index in [-0.39, 0.29) is 5.56 Å². The molecule has 0 fully saturated rings. The van der Waals surface area contributed by atoms with Crippen molar-refractivity contribution in [3.8, 4) is 5.75 Å². The lowest BCUT2D eigenvalue weighted by Crippen LogP contribution is -2.22. The van der Waals surface area contributed by atoms with Crippen molar-refractivity contribution in [1.82, 2.24) is 9.66 Å². The number of aromatic nitrogens is 2. The Hall–Kier alpha value is -1.81. The van der Waals surface area contributed by atoms with Crippen LogP contribution in [0.3, 0.4) is 0 Å². The second-order valence-electron chi connectivity index (χ2n) is 7.51. The van der Waals surface area contributed by atoms with Gasteiger partial charge in [0.2, 0.25) is 0 Å². The number of fused-ring (bicyclic) bond motifs is 1. The molecular weight excluding hydrogens is 694 g/mol. The average molecular weight is 713 g/mol. The third-order valence-corrected chi connectivity index (χ3v) is 7.25. The van der Waals surface area contributed by atoms with Crippen molar-refractivity contribution in [2.45, 2.75) is 26.4 Å². The van der Waals surface area contributed by atoms with Crippen molar-refractivity contribution in [3.05, 3.63) is 99.8 Å². The van der Waals surface area contributed by atoms with Gasteiger partial charge in [-0.2, -0.15) is 9.78 Å². The summed E-state index contributed by atoms with van der Waals surface area (Å²) in [4.78, 5) is 18.0. The quantitative estimate of drug-likeness (QED) is 0.184. The Morgan fingerprint density at radius 2 is 1.68 bits per heavy atom. The molecule has 34 heavy (non-hydrogen) atoms. The maximum absolute atomic E-state index is 13.3. The van der Waals surface area contributed by atoms with E-state index in [4.69, 9.17) is 9.72 Å². The molecule has 0 aliphatic carbocycles. The van der Waals surface area contributed by atoms with Crippen LogP contribution in [0.25, 0.3) is 10.9 Å². The molecule has 4 rings (SSSR count). The van der Waals surface area contributed by atoms with Gasteiger partial charge in [-0.05, 0) is 55.0 Å². The lowest BCUT2D eigenvalue weighted by atomic mass is 10.2. The maximum Gasteiger partial charge on any atom is 0.282 e. The van der Waals surface area contributed by atoms with E-state index < -0.39 is 0 Å². The lowest BCUT2D eigenvalue weighted by Gasteiger charge is -2.12. The first kappa shape index (κ1) is 25.3. The highest BCUT2D eigenvalue weighted by Crippen LogP contribution is 2.26. The predicted octanol–water partition coefficient (Wildman–Crippen LogP) is 7.86. The molecule has 1 aromatic heterocycles. The molecule has 0 saturated heterocycles. The van der Waals surface area contributed by atoms with Crippen molar-refractivity contribution in [3.63, 3.8) is 0 Å². The van der Waals surface area contributed by atoms with Crippen LogP contribution in [0.4, 0.5) is 0 Å². The van der Waals surface area contributed by atoms with E-state index in [0.717, 1.165) is 35.4 Å². The topological polar surface area (TPSA) is 56.5 Å². The summed E-state index contributed by atoms with van der Waals surface area (Å²) in [5, 5.41) is 5.06. The molecule has 0 saturated carbocycles. The molecule has 9 heteroatoms. The van der Waals surface area contributed by atoms with Gasteiger partial charge in [-0.3, -0.25) is 4.79 Å². The minimum atomic E-state index is -0.206. The molecule has 0 spiro atoms. The van der Waals surface area contributed by atoms with Crippen molar-refractivity contribution in [1.29, 1.82) is 0 Å². The molecule has 0 aliphatic heterocycles. The Morgan fingerprint density at radius 3 is 2.44 bits per heavy atom. The summed E-state index contributed by atoms with van der Waals surface area (Å²) < 4.78 is 11.1. The van der Waals surface area contributed by atoms with Crippen LogP contribution < -0.4 is 10.3 Å². The van der Waals surface area contributed by atoms with Gasteiger partial charge >= 0.3 is 0 Å². The number of ether oxygens (including phenoxy) is 1. The zero-order valence-corrected chi connectivity index (χ0v) is 24.4. The zero-order chi connectivity index (χ0) is 24.2. The van der Waals surface area contributed by atoms with Gasteiger partial charge in [-0.15, -0.1) is 0 Å². The van der Waals surface area contributed by atoms with E-state index in [9.17, 15) is 4.79 Å². The molecule has 0 radical (unpaired) electrons. The van der Waals surface area contributed by atoms with Crippen molar-refractivity contribution < 1.29 is 4.74 Å². The highest BCUT2D eigenvalue weighted by molar-refractivity contribution is 9.11. The molecule has 3 aromatic carbocycles. The van der Waals surface area contributed by atoms with Crippen LogP contribution in [0, 0.1) is 0 Å². The van der Waals surface area contributed by atoms with Crippen LogP contribution in [-0.2, 0) is 13.0 Å². The minimum Gasteiger partial charge on any atom is -0.488 e. The molecule has 0 aliphatic rings. The number of benzene rings is 3. The van der Waals surface area contributed by atoms with E-state index in [2.05, 4.69) is 68.8 Å². The third-order valence-electron chi connectivity index (χ3n) is 5.03. The fourth-order valence-electron chi connectivity index (χ4n) is 3.37. The number of nitrogens with zero attached hydrogens (tertiary/aromatic N) is 3. The fourth-order valence-corrected chi connectivity index (χ4v) is 5.27. The number of aryl methyl sites for hydroxylation is 1. The number of hydrogen-bond acceptors (Lipinski definition) is 4. The molecule has 0 atom stereocenters. The van der Waals surface area contributed by atoms with Crippen molar-refractivity contribution in [2.75, 3.05) is 0 Å². The average Bonchev–Trinajstić information content (AvgIpc) is 2.80. The molecular formula is C25H19Br4N3O2. The van der Waals surface area contributed by atoms with Crippen molar-refractivity contribution >= 4 is 80.8 Å². The van der Waals surface area contributed by atoms with E-state index in [1.165, 1.54) is 4.68 Å². The summed E-state index contributed by atoms with van der Waals surface area (Å²) in [5.41, 5.74) is 2.21. The number of hydrogen-bond donors (Lipinski definition) is 0. The summed E-state index contributed by atoms with van der Waals surface area (Å²) in [6.07, 6.45) is 3.12. The summed E-state index contributed by atoms with van der Waals surface area (Å²) in [7, 11) is 0. The first-order valence-corrected chi connectivity index (χ1v) is 13.6. The summed E-state index contributed by atoms with van der Waals surface area (Å²) in [6.45, 7) is 2.43. The molecule has 0 unspecified atom stereocenters. The second kappa shape index (κ2) is 11.3. The van der Waals surface area contributed by atoms with Crippen LogP contribution in [0.5, 0.6) is 5.75 Å². The van der Waals surface area contributed by atoms with Gasteiger partial charge in [-0.25, -0.2) is 4.98 Å². The van der Waals surface area contributed by atoms with Crippen LogP contribution in [0.2, 0.25) is 0 Å². The molecule has 0 N–H and O–H groups in total. The summed E-state index contributed by atoms with van der Waals surface area (Å²) >= 11 is 14.0. The molecule has 174 valence electrons. The van der Waals surface area contributed by atoms with Crippen LogP contribution in [0.1, 0.15) is 30.3 Å². The predicted molar refractivity (Wildman–Crippen MR) is 151 cm³/mol. The smallest absolute Gasteiger partial charge is 0.282 e. The first-order chi connectivity index (χ1) is 16.4. The van der Waals surface area contributed by atoms with E-state index in [0.29, 0.717) is 35.5 Å². The largest absolute Gasteiger partial charge is 0.488 e. The Kier molecular flexibility index (Phi) is 8.39. The van der Waals surface area contributed by atoms with Crippen LogP contribution >= 0.6 is 63.7 Å². The zero-order valence-electron chi connectivity index (χ0n) is 18.1. The monoisotopic (exact) mass is 709 g/mol. The number of halogens is 4. The summed E-state index contributed by atoms with van der Waals surface area (Å²) in [5.74, 6) is 1.28. The Bertz CT molecular complexity index is 1450. The van der Waals surface area contributed by atoms with Crippen molar-refractivity contribution in [2.24, 2.45) is 5.10 Å². The molecule has 4 aromatic rings. The van der Waals surface area contributed by atoms with Gasteiger partial charge in [0.15, 0.2) is 0 Å². The number of rotatable bonds is 7. The minimum absolute atomic E-state index is 0.206. The lowest BCUT2D eigenvalue weighted by molar-refractivity contribution is 0.305. The molecule has 0 amide bonds. The van der Waals surface area contributed by atoms with Gasteiger partial charge < -0.3 is 4.74 Å². The van der Waals surface area contributed by atoms with Crippen LogP contribution in [-0.4, -0.2) is 15.9 Å². The standard InChI is InChI=1S/C25H19Br4N3O2/c1-2-3-24-31-22-8-6-18(27)11-20(22)25(33)32(24)30-13-16-10-17(26)7-9-23(16)34-14-15-4-5-19(28)12-21(15)29/h4-13H,2-3,14H2,1H3. The highest BCUT2D eigenvalue weighted by Gasteiger charge is 2.11. The third kappa shape index (κ3) is 5.87. The van der Waals surface area contributed by atoms with Gasteiger partial charge in [0.25, 0.3) is 5.56 Å². The van der Waals surface area contributed by atoms with E-state index >= 15 is 0 Å². The Balaban J connectivity index is 1.71. The van der Waals surface area contributed by atoms with Gasteiger partial charge in [0, 0.05) is 35.4 Å². The van der Waals surface area contributed by atoms with Gasteiger partial charge in [0.1, 0.15) is 18.2 Å². The van der Waals surface area contributed by atoms with Gasteiger partial charge in [0.05, 0.1) is 17.1 Å².